The number of aromatic nitrogens is 1. The van der Waals surface area contributed by atoms with Gasteiger partial charge < -0.3 is 15.3 Å². The highest BCUT2D eigenvalue weighted by Gasteiger charge is 2.06. The summed E-state index contributed by atoms with van der Waals surface area (Å²) >= 11 is 1.67. The molecule has 0 aliphatic carbocycles. The van der Waals surface area contributed by atoms with E-state index in [1.165, 1.54) is 4.88 Å². The number of aliphatic hydroxyl groups is 1. The molecule has 0 aliphatic rings. The van der Waals surface area contributed by atoms with Crippen LogP contribution < -0.4 is 5.32 Å². The smallest absolute Gasteiger partial charge is 0.183 e. The van der Waals surface area contributed by atoms with Gasteiger partial charge in [-0.25, -0.2) is 4.98 Å². The lowest BCUT2D eigenvalue weighted by Crippen LogP contribution is -2.16. The van der Waals surface area contributed by atoms with E-state index in [0.29, 0.717) is 6.42 Å². The standard InChI is InChI=1S/C11H21N3OS/c1-9-10(5-8-15)13-11(16-9)12-6-4-7-14(2)3/h15H,4-8H2,1-3H3,(H,12,13). The van der Waals surface area contributed by atoms with Crippen molar-refractivity contribution in [2.24, 2.45) is 0 Å². The molecule has 0 aromatic carbocycles. The van der Waals surface area contributed by atoms with E-state index in [0.717, 1.165) is 30.3 Å². The third-order valence-corrected chi connectivity index (χ3v) is 3.27. The molecule has 1 aromatic heterocycles. The summed E-state index contributed by atoms with van der Waals surface area (Å²) in [6, 6.07) is 0. The zero-order valence-corrected chi connectivity index (χ0v) is 11.1. The highest BCUT2D eigenvalue weighted by atomic mass is 32.1. The zero-order valence-electron chi connectivity index (χ0n) is 10.3. The number of aliphatic hydroxyl groups excluding tert-OH is 1. The summed E-state index contributed by atoms with van der Waals surface area (Å²) in [6.45, 7) is 4.25. The monoisotopic (exact) mass is 243 g/mol. The highest BCUT2D eigenvalue weighted by molar-refractivity contribution is 7.15. The molecule has 0 radical (unpaired) electrons. The van der Waals surface area contributed by atoms with Gasteiger partial charge in [0.25, 0.3) is 0 Å². The Morgan fingerprint density at radius 2 is 2.19 bits per heavy atom. The molecule has 0 spiro atoms. The maximum absolute atomic E-state index is 8.87. The minimum Gasteiger partial charge on any atom is -0.396 e. The first-order valence-electron chi connectivity index (χ1n) is 5.59. The summed E-state index contributed by atoms with van der Waals surface area (Å²) in [5.41, 5.74) is 1.02. The second-order valence-corrected chi connectivity index (χ2v) is 5.28. The van der Waals surface area contributed by atoms with Crippen LogP contribution in [0.2, 0.25) is 0 Å². The van der Waals surface area contributed by atoms with Crippen molar-refractivity contribution in [3.63, 3.8) is 0 Å². The van der Waals surface area contributed by atoms with Crippen LogP contribution in [0.15, 0.2) is 0 Å². The lowest BCUT2D eigenvalue weighted by molar-refractivity contribution is 0.298. The molecule has 1 aromatic rings. The van der Waals surface area contributed by atoms with Crippen molar-refractivity contribution in [3.05, 3.63) is 10.6 Å². The number of anilines is 1. The fourth-order valence-corrected chi connectivity index (χ4v) is 2.32. The molecule has 1 heterocycles. The summed E-state index contributed by atoms with van der Waals surface area (Å²) in [4.78, 5) is 7.82. The summed E-state index contributed by atoms with van der Waals surface area (Å²) in [5.74, 6) is 0. The van der Waals surface area contributed by atoms with Crippen LogP contribution in [0.1, 0.15) is 17.0 Å². The van der Waals surface area contributed by atoms with Crippen LogP contribution in [0.25, 0.3) is 0 Å². The van der Waals surface area contributed by atoms with Crippen molar-refractivity contribution in [2.45, 2.75) is 19.8 Å². The molecular weight excluding hydrogens is 222 g/mol. The topological polar surface area (TPSA) is 48.4 Å². The average molecular weight is 243 g/mol. The fraction of sp³-hybridized carbons (Fsp3) is 0.727. The van der Waals surface area contributed by atoms with Crippen LogP contribution in [0, 0.1) is 6.92 Å². The van der Waals surface area contributed by atoms with Crippen LogP contribution >= 0.6 is 11.3 Å². The Morgan fingerprint density at radius 3 is 2.81 bits per heavy atom. The molecule has 0 unspecified atom stereocenters. The Kier molecular flexibility index (Phi) is 5.73. The van der Waals surface area contributed by atoms with Crippen LogP contribution in [0.3, 0.4) is 0 Å². The van der Waals surface area contributed by atoms with E-state index in [1.54, 1.807) is 11.3 Å². The number of nitrogens with one attached hydrogen (secondary N) is 1. The van der Waals surface area contributed by atoms with Gasteiger partial charge in [0.05, 0.1) is 5.69 Å². The number of rotatable bonds is 7. The Labute approximate surface area is 101 Å². The maximum atomic E-state index is 8.87. The van der Waals surface area contributed by atoms with Gasteiger partial charge >= 0.3 is 0 Å². The molecule has 1 rings (SSSR count). The second kappa shape index (κ2) is 6.83. The number of nitrogens with zero attached hydrogens (tertiary/aromatic N) is 2. The maximum Gasteiger partial charge on any atom is 0.183 e. The van der Waals surface area contributed by atoms with Gasteiger partial charge in [-0.05, 0) is 34.0 Å². The zero-order chi connectivity index (χ0) is 12.0. The number of thiazole rings is 1. The number of aryl methyl sites for hydroxylation is 1. The third-order valence-electron chi connectivity index (χ3n) is 2.30. The van der Waals surface area contributed by atoms with E-state index in [2.05, 4.69) is 29.3 Å². The summed E-state index contributed by atoms with van der Waals surface area (Å²) in [6.07, 6.45) is 1.77. The van der Waals surface area contributed by atoms with Gasteiger partial charge in [0, 0.05) is 24.4 Å². The Morgan fingerprint density at radius 1 is 1.44 bits per heavy atom. The molecule has 0 atom stereocenters. The molecule has 5 heteroatoms. The molecule has 16 heavy (non-hydrogen) atoms. The van der Waals surface area contributed by atoms with Gasteiger partial charge in [-0.3, -0.25) is 0 Å². The molecule has 4 nitrogen and oxygen atoms in total. The minimum atomic E-state index is 0.171. The molecular formula is C11H21N3OS. The highest BCUT2D eigenvalue weighted by Crippen LogP contribution is 2.22. The van der Waals surface area contributed by atoms with Crippen molar-refractivity contribution >= 4 is 16.5 Å². The van der Waals surface area contributed by atoms with Gasteiger partial charge in [0.2, 0.25) is 0 Å². The second-order valence-electron chi connectivity index (χ2n) is 4.08. The summed E-state index contributed by atoms with van der Waals surface area (Å²) in [5, 5.41) is 13.2. The SMILES string of the molecule is Cc1sc(NCCCN(C)C)nc1CCO. The van der Waals surface area contributed by atoms with Gasteiger partial charge in [0.15, 0.2) is 5.13 Å². The Hall–Kier alpha value is -0.650. The molecule has 0 amide bonds. The van der Waals surface area contributed by atoms with Crippen molar-refractivity contribution in [3.8, 4) is 0 Å². The Balaban J connectivity index is 2.34. The first-order chi connectivity index (χ1) is 7.63. The van der Waals surface area contributed by atoms with Crippen molar-refractivity contribution in [1.82, 2.24) is 9.88 Å². The summed E-state index contributed by atoms with van der Waals surface area (Å²) < 4.78 is 0. The van der Waals surface area contributed by atoms with Gasteiger partial charge in [-0.1, -0.05) is 0 Å². The molecule has 0 fully saturated rings. The molecule has 2 N–H and O–H groups in total. The van der Waals surface area contributed by atoms with Crippen LogP contribution in [0.5, 0.6) is 0 Å². The first kappa shape index (κ1) is 13.4. The van der Waals surface area contributed by atoms with E-state index in [9.17, 15) is 0 Å². The van der Waals surface area contributed by atoms with E-state index in [4.69, 9.17) is 5.11 Å². The largest absolute Gasteiger partial charge is 0.396 e. The molecule has 0 saturated heterocycles. The predicted molar refractivity (Wildman–Crippen MR) is 69.3 cm³/mol. The van der Waals surface area contributed by atoms with Gasteiger partial charge in [-0.2, -0.15) is 0 Å². The molecule has 0 aliphatic heterocycles. The van der Waals surface area contributed by atoms with Crippen molar-refractivity contribution in [1.29, 1.82) is 0 Å². The predicted octanol–water partition coefficient (Wildman–Crippen LogP) is 1.35. The average Bonchev–Trinajstić information content (AvgIpc) is 2.55. The van der Waals surface area contributed by atoms with Crippen LogP contribution in [-0.4, -0.2) is 48.8 Å². The lowest BCUT2D eigenvalue weighted by Gasteiger charge is -2.08. The van der Waals surface area contributed by atoms with Crippen LogP contribution in [0.4, 0.5) is 5.13 Å². The first-order valence-corrected chi connectivity index (χ1v) is 6.41. The molecule has 0 saturated carbocycles. The molecule has 0 bridgehead atoms. The van der Waals surface area contributed by atoms with Gasteiger partial charge in [0.1, 0.15) is 0 Å². The van der Waals surface area contributed by atoms with E-state index in [1.807, 2.05) is 6.92 Å². The minimum absolute atomic E-state index is 0.171. The normalized spacial score (nSPS) is 11.1. The van der Waals surface area contributed by atoms with Crippen molar-refractivity contribution < 1.29 is 5.11 Å². The molecule has 92 valence electrons. The quantitative estimate of drug-likeness (QED) is 0.710. The van der Waals surface area contributed by atoms with E-state index < -0.39 is 0 Å². The van der Waals surface area contributed by atoms with Gasteiger partial charge in [-0.15, -0.1) is 11.3 Å². The van der Waals surface area contributed by atoms with E-state index in [-0.39, 0.29) is 6.61 Å². The third kappa shape index (κ3) is 4.47. The van der Waals surface area contributed by atoms with Crippen LogP contribution in [-0.2, 0) is 6.42 Å². The summed E-state index contributed by atoms with van der Waals surface area (Å²) in [7, 11) is 4.15. The fourth-order valence-electron chi connectivity index (χ4n) is 1.43. The van der Waals surface area contributed by atoms with Crippen molar-refractivity contribution in [2.75, 3.05) is 39.1 Å². The number of hydrogen-bond acceptors (Lipinski definition) is 5. The van der Waals surface area contributed by atoms with E-state index >= 15 is 0 Å². The number of hydrogen-bond donors (Lipinski definition) is 2. The Bertz CT molecular complexity index is 312. The lowest BCUT2D eigenvalue weighted by atomic mass is 10.3.